The Labute approximate surface area is 93.4 Å². The number of hydrogen-bond donors (Lipinski definition) is 1. The fraction of sp³-hybridized carbons (Fsp3) is 1.00. The predicted octanol–water partition coefficient (Wildman–Crippen LogP) is 1.50. The standard InChI is InChI=1S/C12H25NO2/c1-10-7-13(6-5-12(2,3)4)8-11(9-14)15-10/h10-11,14H,5-9H2,1-4H3. The topological polar surface area (TPSA) is 32.7 Å². The van der Waals surface area contributed by atoms with Crippen LogP contribution >= 0.6 is 0 Å². The Morgan fingerprint density at radius 1 is 1.33 bits per heavy atom. The summed E-state index contributed by atoms with van der Waals surface area (Å²) in [6.45, 7) is 12.0. The summed E-state index contributed by atoms with van der Waals surface area (Å²) in [4.78, 5) is 2.40. The van der Waals surface area contributed by atoms with Crippen molar-refractivity contribution in [2.45, 2.75) is 46.3 Å². The molecule has 0 aromatic rings. The zero-order valence-corrected chi connectivity index (χ0v) is 10.5. The van der Waals surface area contributed by atoms with Crippen LogP contribution in [-0.4, -0.2) is 48.5 Å². The zero-order valence-electron chi connectivity index (χ0n) is 10.5. The average Bonchev–Trinajstić information content (AvgIpc) is 2.13. The Hall–Kier alpha value is -0.120. The van der Waals surface area contributed by atoms with E-state index in [-0.39, 0.29) is 18.8 Å². The van der Waals surface area contributed by atoms with Gasteiger partial charge in [-0.15, -0.1) is 0 Å². The number of ether oxygens (including phenoxy) is 1. The summed E-state index contributed by atoms with van der Waals surface area (Å²) in [7, 11) is 0. The van der Waals surface area contributed by atoms with Crippen molar-refractivity contribution < 1.29 is 9.84 Å². The van der Waals surface area contributed by atoms with E-state index in [0.717, 1.165) is 19.6 Å². The molecular weight excluding hydrogens is 190 g/mol. The van der Waals surface area contributed by atoms with Crippen LogP contribution in [0.2, 0.25) is 0 Å². The number of rotatable bonds is 3. The van der Waals surface area contributed by atoms with Crippen molar-refractivity contribution in [3.05, 3.63) is 0 Å². The summed E-state index contributed by atoms with van der Waals surface area (Å²) in [6, 6.07) is 0. The highest BCUT2D eigenvalue weighted by molar-refractivity contribution is 4.76. The molecule has 2 atom stereocenters. The SMILES string of the molecule is CC1CN(CCC(C)(C)C)CC(CO)O1. The molecule has 3 heteroatoms. The van der Waals surface area contributed by atoms with Gasteiger partial charge in [-0.25, -0.2) is 0 Å². The minimum Gasteiger partial charge on any atom is -0.394 e. The van der Waals surface area contributed by atoms with Crippen LogP contribution in [-0.2, 0) is 4.74 Å². The molecule has 1 fully saturated rings. The molecule has 1 saturated heterocycles. The lowest BCUT2D eigenvalue weighted by atomic mass is 9.92. The molecule has 0 radical (unpaired) electrons. The smallest absolute Gasteiger partial charge is 0.0936 e. The molecule has 1 heterocycles. The first-order chi connectivity index (χ1) is 6.90. The quantitative estimate of drug-likeness (QED) is 0.774. The fourth-order valence-corrected chi connectivity index (χ4v) is 1.92. The molecule has 90 valence electrons. The van der Waals surface area contributed by atoms with E-state index in [2.05, 4.69) is 32.6 Å². The van der Waals surface area contributed by atoms with E-state index in [0.29, 0.717) is 5.41 Å². The Bertz CT molecular complexity index is 189. The van der Waals surface area contributed by atoms with Gasteiger partial charge < -0.3 is 9.84 Å². The van der Waals surface area contributed by atoms with Crippen LogP contribution in [0, 0.1) is 5.41 Å². The summed E-state index contributed by atoms with van der Waals surface area (Å²) < 4.78 is 5.61. The van der Waals surface area contributed by atoms with Gasteiger partial charge in [0.05, 0.1) is 18.8 Å². The highest BCUT2D eigenvalue weighted by Gasteiger charge is 2.25. The van der Waals surface area contributed by atoms with E-state index in [1.54, 1.807) is 0 Å². The maximum atomic E-state index is 9.10. The molecule has 15 heavy (non-hydrogen) atoms. The average molecular weight is 215 g/mol. The molecule has 0 aromatic heterocycles. The van der Waals surface area contributed by atoms with Crippen molar-refractivity contribution in [1.29, 1.82) is 0 Å². The maximum absolute atomic E-state index is 9.10. The third-order valence-corrected chi connectivity index (χ3v) is 2.78. The van der Waals surface area contributed by atoms with Gasteiger partial charge in [-0.3, -0.25) is 4.90 Å². The van der Waals surface area contributed by atoms with Crippen LogP contribution in [0.1, 0.15) is 34.1 Å². The molecule has 0 bridgehead atoms. The molecule has 1 aliphatic rings. The third kappa shape index (κ3) is 4.96. The van der Waals surface area contributed by atoms with Crippen molar-refractivity contribution in [3.63, 3.8) is 0 Å². The molecule has 0 aliphatic carbocycles. The van der Waals surface area contributed by atoms with Gasteiger partial charge in [0, 0.05) is 13.1 Å². The van der Waals surface area contributed by atoms with Crippen LogP contribution in [0.5, 0.6) is 0 Å². The van der Waals surface area contributed by atoms with Gasteiger partial charge in [0.2, 0.25) is 0 Å². The highest BCUT2D eigenvalue weighted by Crippen LogP contribution is 2.20. The van der Waals surface area contributed by atoms with Gasteiger partial charge in [-0.2, -0.15) is 0 Å². The van der Waals surface area contributed by atoms with Gasteiger partial charge >= 0.3 is 0 Å². The number of hydrogen-bond acceptors (Lipinski definition) is 3. The second-order valence-electron chi connectivity index (χ2n) is 5.82. The highest BCUT2D eigenvalue weighted by atomic mass is 16.5. The number of aliphatic hydroxyl groups is 1. The van der Waals surface area contributed by atoms with Crippen molar-refractivity contribution in [2.24, 2.45) is 5.41 Å². The number of morpholine rings is 1. The Balaban J connectivity index is 2.35. The van der Waals surface area contributed by atoms with Crippen molar-refractivity contribution >= 4 is 0 Å². The van der Waals surface area contributed by atoms with Crippen LogP contribution in [0.15, 0.2) is 0 Å². The van der Waals surface area contributed by atoms with Crippen LogP contribution in [0.3, 0.4) is 0 Å². The Morgan fingerprint density at radius 2 is 2.00 bits per heavy atom. The lowest BCUT2D eigenvalue weighted by Gasteiger charge is -2.37. The van der Waals surface area contributed by atoms with E-state index in [4.69, 9.17) is 9.84 Å². The molecule has 0 amide bonds. The lowest BCUT2D eigenvalue weighted by Crippen LogP contribution is -2.48. The Kier molecular flexibility index (Phi) is 4.56. The van der Waals surface area contributed by atoms with Crippen molar-refractivity contribution in [3.8, 4) is 0 Å². The van der Waals surface area contributed by atoms with Crippen LogP contribution in [0.4, 0.5) is 0 Å². The normalized spacial score (nSPS) is 29.4. The van der Waals surface area contributed by atoms with E-state index in [9.17, 15) is 0 Å². The number of aliphatic hydroxyl groups excluding tert-OH is 1. The molecule has 2 unspecified atom stereocenters. The Morgan fingerprint density at radius 3 is 2.53 bits per heavy atom. The van der Waals surface area contributed by atoms with E-state index >= 15 is 0 Å². The van der Waals surface area contributed by atoms with Crippen LogP contribution < -0.4 is 0 Å². The predicted molar refractivity (Wildman–Crippen MR) is 61.9 cm³/mol. The monoisotopic (exact) mass is 215 g/mol. The van der Waals surface area contributed by atoms with E-state index in [1.807, 2.05) is 0 Å². The molecule has 1 rings (SSSR count). The van der Waals surface area contributed by atoms with Crippen LogP contribution in [0.25, 0.3) is 0 Å². The molecule has 3 nitrogen and oxygen atoms in total. The molecule has 1 aliphatic heterocycles. The molecular formula is C12H25NO2. The van der Waals surface area contributed by atoms with Gasteiger partial charge in [-0.05, 0) is 25.3 Å². The second kappa shape index (κ2) is 5.28. The van der Waals surface area contributed by atoms with Gasteiger partial charge in [0.25, 0.3) is 0 Å². The number of nitrogens with zero attached hydrogens (tertiary/aromatic N) is 1. The van der Waals surface area contributed by atoms with Gasteiger partial charge in [0.15, 0.2) is 0 Å². The van der Waals surface area contributed by atoms with Crippen molar-refractivity contribution in [2.75, 3.05) is 26.2 Å². The molecule has 1 N–H and O–H groups in total. The zero-order chi connectivity index (χ0) is 11.5. The summed E-state index contributed by atoms with van der Waals surface area (Å²) in [5.41, 5.74) is 0.385. The summed E-state index contributed by atoms with van der Waals surface area (Å²) in [6.07, 6.45) is 1.45. The van der Waals surface area contributed by atoms with Gasteiger partial charge in [-0.1, -0.05) is 20.8 Å². The lowest BCUT2D eigenvalue weighted by molar-refractivity contribution is -0.0964. The van der Waals surface area contributed by atoms with Gasteiger partial charge in [0.1, 0.15) is 0 Å². The largest absolute Gasteiger partial charge is 0.394 e. The summed E-state index contributed by atoms with van der Waals surface area (Å²) in [5.74, 6) is 0. The molecule has 0 aromatic carbocycles. The summed E-state index contributed by atoms with van der Waals surface area (Å²) in [5, 5.41) is 9.10. The first kappa shape index (κ1) is 12.9. The molecule has 0 saturated carbocycles. The second-order valence-corrected chi connectivity index (χ2v) is 5.82. The minimum atomic E-state index is 0.00807. The van der Waals surface area contributed by atoms with E-state index < -0.39 is 0 Å². The third-order valence-electron chi connectivity index (χ3n) is 2.78. The minimum absolute atomic E-state index is 0.00807. The maximum Gasteiger partial charge on any atom is 0.0936 e. The van der Waals surface area contributed by atoms with Crippen molar-refractivity contribution in [1.82, 2.24) is 4.90 Å². The first-order valence-electron chi connectivity index (χ1n) is 5.89. The summed E-state index contributed by atoms with van der Waals surface area (Å²) >= 11 is 0. The first-order valence-corrected chi connectivity index (χ1v) is 5.89. The van der Waals surface area contributed by atoms with E-state index in [1.165, 1.54) is 6.42 Å². The molecule has 0 spiro atoms. The fourth-order valence-electron chi connectivity index (χ4n) is 1.92.